The molecule has 1 aliphatic heterocycles. The van der Waals surface area contributed by atoms with E-state index in [1.807, 2.05) is 6.92 Å². The second-order valence-electron chi connectivity index (χ2n) is 9.53. The zero-order valence-corrected chi connectivity index (χ0v) is 20.8. The Morgan fingerprint density at radius 1 is 1.06 bits per heavy atom. The van der Waals surface area contributed by atoms with Crippen molar-refractivity contribution in [1.82, 2.24) is 14.1 Å². The van der Waals surface area contributed by atoms with Crippen LogP contribution >= 0.6 is 11.6 Å². The minimum atomic E-state index is -3.42. The number of benzene rings is 3. The third-order valence-electron chi connectivity index (χ3n) is 6.86. The molecule has 2 fully saturated rings. The van der Waals surface area contributed by atoms with Crippen molar-refractivity contribution in [3.8, 4) is 11.4 Å². The van der Waals surface area contributed by atoms with E-state index in [9.17, 15) is 17.2 Å². The Kier molecular flexibility index (Phi) is 5.37. The summed E-state index contributed by atoms with van der Waals surface area (Å²) in [6, 6.07) is 15.3. The van der Waals surface area contributed by atoms with Crippen LogP contribution in [0.1, 0.15) is 31.4 Å². The van der Waals surface area contributed by atoms with Crippen LogP contribution in [-0.2, 0) is 10.0 Å². The monoisotopic (exact) mass is 529 g/mol. The van der Waals surface area contributed by atoms with Gasteiger partial charge >= 0.3 is 0 Å². The molecule has 2 heterocycles. The number of fused-ring (bicyclic) bond motifs is 1. The van der Waals surface area contributed by atoms with E-state index in [0.29, 0.717) is 46.9 Å². The Labute approximate surface area is 212 Å². The summed E-state index contributed by atoms with van der Waals surface area (Å²) in [5.41, 5.74) is 1.18. The average molecular weight is 530 g/mol. The molecule has 1 aliphatic carbocycles. The number of hydrogen-bond acceptors (Lipinski definition) is 4. The molecule has 36 heavy (non-hydrogen) atoms. The van der Waals surface area contributed by atoms with E-state index in [1.54, 1.807) is 47.3 Å². The highest BCUT2D eigenvalue weighted by atomic mass is 35.5. The molecule has 1 aromatic heterocycles. The van der Waals surface area contributed by atoms with E-state index in [0.717, 1.165) is 5.39 Å². The molecule has 3 atom stereocenters. The molecule has 3 aromatic carbocycles. The molecule has 2 aliphatic rings. The maximum absolute atomic E-state index is 13.7. The highest BCUT2D eigenvalue weighted by Gasteiger charge is 2.63. The van der Waals surface area contributed by atoms with E-state index in [2.05, 4.69) is 5.10 Å². The van der Waals surface area contributed by atoms with Gasteiger partial charge in [-0.1, -0.05) is 23.7 Å². The Morgan fingerprint density at radius 2 is 1.69 bits per heavy atom. The van der Waals surface area contributed by atoms with Gasteiger partial charge in [-0.15, -0.1) is 0 Å². The maximum atomic E-state index is 13.7. The van der Waals surface area contributed by atoms with Gasteiger partial charge < -0.3 is 4.74 Å². The molecule has 6 nitrogen and oxygen atoms in total. The molecule has 0 N–H and O–H groups in total. The third-order valence-corrected chi connectivity index (χ3v) is 9.63. The zero-order chi connectivity index (χ0) is 25.2. The van der Waals surface area contributed by atoms with Crippen LogP contribution in [0.25, 0.3) is 16.6 Å². The molecule has 1 unspecified atom stereocenters. The van der Waals surface area contributed by atoms with Gasteiger partial charge in [0.25, 0.3) is 0 Å². The summed E-state index contributed by atoms with van der Waals surface area (Å²) in [5.74, 6) is -0.385. The van der Waals surface area contributed by atoms with Crippen LogP contribution < -0.4 is 4.74 Å². The van der Waals surface area contributed by atoms with Crippen LogP contribution in [0.3, 0.4) is 0 Å². The standard InChI is InChI=1S/C26H22ClF2N3O3S/c1-26(15-31(26)36(33,34)21-10-11-21)25(16-2-4-18(28)5-3-16)35-24-12-17-14-30-32(23(17)13-22(24)27)20-8-6-19(29)7-9-20/h2-9,12-14,21,25H,10-11,15H2,1H3/t25-,26-,31?/m1/s1. The Hall–Kier alpha value is -3.01. The fourth-order valence-electron chi connectivity index (χ4n) is 4.62. The second kappa shape index (κ2) is 8.26. The normalized spacial score (nSPS) is 22.5. The Bertz CT molecular complexity index is 1570. The first-order valence-electron chi connectivity index (χ1n) is 11.5. The summed E-state index contributed by atoms with van der Waals surface area (Å²) in [6.45, 7) is 2.14. The van der Waals surface area contributed by atoms with Gasteiger partial charge in [0.05, 0.1) is 33.2 Å². The fraction of sp³-hybridized carbons (Fsp3) is 0.269. The number of hydrogen-bond donors (Lipinski definition) is 0. The predicted octanol–water partition coefficient (Wildman–Crippen LogP) is 5.64. The van der Waals surface area contributed by atoms with E-state index >= 15 is 0 Å². The van der Waals surface area contributed by atoms with Gasteiger partial charge in [-0.05, 0) is 73.9 Å². The minimum Gasteiger partial charge on any atom is -0.482 e. The lowest BCUT2D eigenvalue weighted by molar-refractivity contribution is 0.153. The number of ether oxygens (including phenoxy) is 1. The predicted molar refractivity (Wildman–Crippen MR) is 133 cm³/mol. The van der Waals surface area contributed by atoms with E-state index in [-0.39, 0.29) is 11.1 Å². The van der Waals surface area contributed by atoms with Crippen molar-refractivity contribution in [2.75, 3.05) is 6.54 Å². The van der Waals surface area contributed by atoms with Crippen LogP contribution in [0.4, 0.5) is 8.78 Å². The molecule has 6 rings (SSSR count). The van der Waals surface area contributed by atoms with Gasteiger partial charge in [-0.2, -0.15) is 9.40 Å². The van der Waals surface area contributed by atoms with Crippen molar-refractivity contribution in [2.24, 2.45) is 0 Å². The van der Waals surface area contributed by atoms with Gasteiger partial charge in [0, 0.05) is 11.9 Å². The van der Waals surface area contributed by atoms with E-state index < -0.39 is 27.5 Å². The summed E-state index contributed by atoms with van der Waals surface area (Å²) < 4.78 is 62.5. The molecule has 10 heteroatoms. The van der Waals surface area contributed by atoms with Crippen LogP contribution in [0, 0.1) is 11.6 Å². The van der Waals surface area contributed by atoms with E-state index in [1.165, 1.54) is 28.6 Å². The number of aromatic nitrogens is 2. The number of nitrogens with zero attached hydrogens (tertiary/aromatic N) is 3. The molecule has 0 spiro atoms. The van der Waals surface area contributed by atoms with Crippen molar-refractivity contribution >= 4 is 32.5 Å². The molecule has 186 valence electrons. The summed E-state index contributed by atoms with van der Waals surface area (Å²) in [4.78, 5) is 0. The zero-order valence-electron chi connectivity index (χ0n) is 19.2. The van der Waals surface area contributed by atoms with Crippen LogP contribution in [0.15, 0.2) is 66.9 Å². The lowest BCUT2D eigenvalue weighted by Crippen LogP contribution is -2.32. The highest BCUT2D eigenvalue weighted by Crippen LogP contribution is 2.51. The van der Waals surface area contributed by atoms with E-state index in [4.69, 9.17) is 16.3 Å². The molecule has 4 aromatic rings. The van der Waals surface area contributed by atoms with Crippen molar-refractivity contribution < 1.29 is 21.9 Å². The lowest BCUT2D eigenvalue weighted by Gasteiger charge is -2.27. The Balaban J connectivity index is 1.37. The van der Waals surface area contributed by atoms with Gasteiger partial charge in [0.15, 0.2) is 0 Å². The molecule has 1 saturated heterocycles. The molecule has 0 radical (unpaired) electrons. The van der Waals surface area contributed by atoms with Crippen molar-refractivity contribution in [3.05, 3.63) is 89.1 Å². The molecule has 0 amide bonds. The van der Waals surface area contributed by atoms with Crippen molar-refractivity contribution in [3.63, 3.8) is 0 Å². The van der Waals surface area contributed by atoms with Gasteiger partial charge in [0.2, 0.25) is 10.0 Å². The molecular formula is C26H22ClF2N3O3S. The molecular weight excluding hydrogens is 508 g/mol. The number of halogens is 3. The molecule has 1 saturated carbocycles. The first-order chi connectivity index (χ1) is 17.2. The van der Waals surface area contributed by atoms with Crippen molar-refractivity contribution in [2.45, 2.75) is 36.7 Å². The average Bonchev–Trinajstić information content (AvgIpc) is 3.77. The first kappa shape index (κ1) is 23.4. The first-order valence-corrected chi connectivity index (χ1v) is 13.4. The Morgan fingerprint density at radius 3 is 2.33 bits per heavy atom. The van der Waals surface area contributed by atoms with Crippen LogP contribution in [-0.4, -0.2) is 39.8 Å². The summed E-state index contributed by atoms with van der Waals surface area (Å²) in [5, 5.41) is 5.11. The third kappa shape index (κ3) is 3.95. The smallest absolute Gasteiger partial charge is 0.217 e. The topological polar surface area (TPSA) is 64.2 Å². The minimum absolute atomic E-state index is 0.302. The van der Waals surface area contributed by atoms with Gasteiger partial charge in [-0.3, -0.25) is 0 Å². The summed E-state index contributed by atoms with van der Waals surface area (Å²) in [6.07, 6.45) is 2.26. The van der Waals surface area contributed by atoms with Crippen LogP contribution in [0.5, 0.6) is 5.75 Å². The SMILES string of the molecule is C[C@]1([C@H](Oc2cc3cnn(-c4ccc(F)cc4)c3cc2Cl)c2ccc(F)cc2)CN1S(=O)(=O)C1CC1. The van der Waals surface area contributed by atoms with Gasteiger partial charge in [0.1, 0.15) is 23.5 Å². The maximum Gasteiger partial charge on any atom is 0.217 e. The highest BCUT2D eigenvalue weighted by molar-refractivity contribution is 7.90. The quantitative estimate of drug-likeness (QED) is 0.290. The largest absolute Gasteiger partial charge is 0.482 e. The van der Waals surface area contributed by atoms with Gasteiger partial charge in [-0.25, -0.2) is 21.9 Å². The fourth-order valence-corrected chi connectivity index (χ4v) is 7.03. The lowest BCUT2D eigenvalue weighted by atomic mass is 9.97. The molecule has 0 bridgehead atoms. The summed E-state index contributed by atoms with van der Waals surface area (Å²) >= 11 is 6.64. The number of sulfonamides is 1. The van der Waals surface area contributed by atoms with Crippen LogP contribution in [0.2, 0.25) is 5.02 Å². The second-order valence-corrected chi connectivity index (χ2v) is 12.1. The number of rotatable bonds is 7. The summed E-state index contributed by atoms with van der Waals surface area (Å²) in [7, 11) is -3.42. The van der Waals surface area contributed by atoms with Crippen molar-refractivity contribution in [1.29, 1.82) is 0 Å².